The summed E-state index contributed by atoms with van der Waals surface area (Å²) in [6.45, 7) is 4.44. The minimum Gasteiger partial charge on any atom is -0.256 e. The topological polar surface area (TPSA) is 12.9 Å². The summed E-state index contributed by atoms with van der Waals surface area (Å²) < 4.78 is 0. The van der Waals surface area contributed by atoms with Crippen LogP contribution in [0.25, 0.3) is 22.0 Å². The highest BCUT2D eigenvalue weighted by atomic mass is 14.6. The van der Waals surface area contributed by atoms with Crippen molar-refractivity contribution < 1.29 is 0 Å². The van der Waals surface area contributed by atoms with Crippen molar-refractivity contribution in [3.05, 3.63) is 66.4 Å². The van der Waals surface area contributed by atoms with Gasteiger partial charge in [-0.15, -0.1) is 0 Å². The molecule has 1 aromatic heterocycles. The van der Waals surface area contributed by atoms with Crippen LogP contribution in [-0.2, 0) is 0 Å². The maximum atomic E-state index is 4.41. The first-order valence-corrected chi connectivity index (χ1v) is 6.70. The normalized spacial score (nSPS) is 11.1. The highest BCUT2D eigenvalue weighted by Crippen LogP contribution is 2.28. The number of benzene rings is 2. The Hall–Kier alpha value is -2.15. The van der Waals surface area contributed by atoms with Gasteiger partial charge in [-0.05, 0) is 34.7 Å². The quantitative estimate of drug-likeness (QED) is 0.619. The molecule has 0 amide bonds. The zero-order valence-electron chi connectivity index (χ0n) is 11.3. The molecule has 1 heteroatoms. The highest BCUT2D eigenvalue weighted by molar-refractivity contribution is 5.94. The van der Waals surface area contributed by atoms with Crippen molar-refractivity contribution in [1.29, 1.82) is 0 Å². The molecule has 0 spiro atoms. The second-order valence-electron chi connectivity index (χ2n) is 5.15. The van der Waals surface area contributed by atoms with Gasteiger partial charge in [-0.3, -0.25) is 4.98 Å². The summed E-state index contributed by atoms with van der Waals surface area (Å²) in [6.07, 6.45) is 1.84. The van der Waals surface area contributed by atoms with Crippen LogP contribution in [0.15, 0.2) is 60.8 Å². The third-order valence-corrected chi connectivity index (χ3v) is 3.53. The lowest BCUT2D eigenvalue weighted by Gasteiger charge is -2.09. The van der Waals surface area contributed by atoms with Crippen molar-refractivity contribution in [2.45, 2.75) is 19.8 Å². The highest BCUT2D eigenvalue weighted by Gasteiger charge is 2.04. The first-order chi connectivity index (χ1) is 9.25. The Morgan fingerprint density at radius 2 is 1.63 bits per heavy atom. The van der Waals surface area contributed by atoms with E-state index < -0.39 is 0 Å². The SMILES string of the molecule is CC(C)c1ccc(-c2cccc3ncccc23)cc1. The second kappa shape index (κ2) is 4.85. The Labute approximate surface area is 113 Å². The zero-order valence-corrected chi connectivity index (χ0v) is 11.3. The van der Waals surface area contributed by atoms with Crippen LogP contribution in [-0.4, -0.2) is 4.98 Å². The summed E-state index contributed by atoms with van der Waals surface area (Å²) in [5, 5.41) is 1.21. The van der Waals surface area contributed by atoms with Crippen molar-refractivity contribution in [2.75, 3.05) is 0 Å². The van der Waals surface area contributed by atoms with Crippen molar-refractivity contribution in [2.24, 2.45) is 0 Å². The summed E-state index contributed by atoms with van der Waals surface area (Å²) in [7, 11) is 0. The maximum absolute atomic E-state index is 4.41. The van der Waals surface area contributed by atoms with Crippen LogP contribution in [0.3, 0.4) is 0 Å². The Bertz CT molecular complexity index is 691. The van der Waals surface area contributed by atoms with Gasteiger partial charge in [-0.25, -0.2) is 0 Å². The first kappa shape index (κ1) is 11.9. The van der Waals surface area contributed by atoms with Crippen LogP contribution >= 0.6 is 0 Å². The van der Waals surface area contributed by atoms with Crippen molar-refractivity contribution in [3.8, 4) is 11.1 Å². The molecule has 1 heterocycles. The molecule has 3 aromatic rings. The molecule has 19 heavy (non-hydrogen) atoms. The molecule has 1 nitrogen and oxygen atoms in total. The third-order valence-electron chi connectivity index (χ3n) is 3.53. The second-order valence-corrected chi connectivity index (χ2v) is 5.15. The monoisotopic (exact) mass is 247 g/mol. The fraction of sp³-hybridized carbons (Fsp3) is 0.167. The Morgan fingerprint density at radius 1 is 0.842 bits per heavy atom. The average molecular weight is 247 g/mol. The van der Waals surface area contributed by atoms with Crippen LogP contribution in [0.4, 0.5) is 0 Å². The van der Waals surface area contributed by atoms with Gasteiger partial charge >= 0.3 is 0 Å². The van der Waals surface area contributed by atoms with E-state index in [0.717, 1.165) is 5.52 Å². The molecule has 0 saturated carbocycles. The van der Waals surface area contributed by atoms with Gasteiger partial charge in [0.25, 0.3) is 0 Å². The van der Waals surface area contributed by atoms with E-state index in [2.05, 4.69) is 67.4 Å². The fourth-order valence-electron chi connectivity index (χ4n) is 2.40. The largest absolute Gasteiger partial charge is 0.256 e. The lowest BCUT2D eigenvalue weighted by atomic mass is 9.97. The van der Waals surface area contributed by atoms with E-state index in [0.29, 0.717) is 5.92 Å². The third kappa shape index (κ3) is 2.24. The minimum absolute atomic E-state index is 0.572. The summed E-state index contributed by atoms with van der Waals surface area (Å²) >= 11 is 0. The van der Waals surface area contributed by atoms with Gasteiger partial charge in [0.1, 0.15) is 0 Å². The Balaban J connectivity index is 2.14. The van der Waals surface area contributed by atoms with Gasteiger partial charge in [-0.1, -0.05) is 56.3 Å². The van der Waals surface area contributed by atoms with Crippen molar-refractivity contribution >= 4 is 10.9 Å². The Morgan fingerprint density at radius 3 is 2.37 bits per heavy atom. The van der Waals surface area contributed by atoms with Gasteiger partial charge in [0.05, 0.1) is 5.52 Å². The van der Waals surface area contributed by atoms with Gasteiger partial charge in [0.2, 0.25) is 0 Å². The zero-order chi connectivity index (χ0) is 13.2. The smallest absolute Gasteiger partial charge is 0.0708 e. The van der Waals surface area contributed by atoms with Crippen molar-refractivity contribution in [3.63, 3.8) is 0 Å². The van der Waals surface area contributed by atoms with Crippen molar-refractivity contribution in [1.82, 2.24) is 4.98 Å². The molecule has 3 rings (SSSR count). The molecule has 0 aliphatic heterocycles. The maximum Gasteiger partial charge on any atom is 0.0708 e. The van der Waals surface area contributed by atoms with E-state index in [1.807, 2.05) is 12.3 Å². The number of hydrogen-bond donors (Lipinski definition) is 0. The van der Waals surface area contributed by atoms with E-state index in [1.165, 1.54) is 22.1 Å². The lowest BCUT2D eigenvalue weighted by Crippen LogP contribution is -1.87. The first-order valence-electron chi connectivity index (χ1n) is 6.70. The van der Waals surface area contributed by atoms with Crippen LogP contribution in [0, 0.1) is 0 Å². The van der Waals surface area contributed by atoms with E-state index in [-0.39, 0.29) is 0 Å². The molecule has 0 unspecified atom stereocenters. The molecule has 0 aliphatic carbocycles. The molecular weight excluding hydrogens is 230 g/mol. The summed E-state index contributed by atoms with van der Waals surface area (Å²) in [6, 6.07) is 19.3. The number of hydrogen-bond acceptors (Lipinski definition) is 1. The molecule has 94 valence electrons. The molecule has 0 radical (unpaired) electrons. The predicted octanol–water partition coefficient (Wildman–Crippen LogP) is 5.03. The minimum atomic E-state index is 0.572. The van der Waals surface area contributed by atoms with Gasteiger partial charge in [0.15, 0.2) is 0 Å². The fourth-order valence-corrected chi connectivity index (χ4v) is 2.40. The molecule has 0 atom stereocenters. The lowest BCUT2D eigenvalue weighted by molar-refractivity contribution is 0.867. The van der Waals surface area contributed by atoms with Crippen LogP contribution in [0.5, 0.6) is 0 Å². The van der Waals surface area contributed by atoms with Crippen LogP contribution in [0.2, 0.25) is 0 Å². The number of fused-ring (bicyclic) bond motifs is 1. The molecular formula is C18H17N. The molecule has 0 aliphatic rings. The number of aromatic nitrogens is 1. The summed E-state index contributed by atoms with van der Waals surface area (Å²) in [5.74, 6) is 0.572. The number of pyridine rings is 1. The van der Waals surface area contributed by atoms with Crippen LogP contribution in [0.1, 0.15) is 25.3 Å². The summed E-state index contributed by atoms with van der Waals surface area (Å²) in [4.78, 5) is 4.41. The molecule has 0 bridgehead atoms. The molecule has 0 fully saturated rings. The average Bonchev–Trinajstić information content (AvgIpc) is 2.47. The van der Waals surface area contributed by atoms with Gasteiger partial charge < -0.3 is 0 Å². The number of nitrogens with zero attached hydrogens (tertiary/aromatic N) is 1. The summed E-state index contributed by atoms with van der Waals surface area (Å²) in [5.41, 5.74) is 4.93. The van der Waals surface area contributed by atoms with E-state index in [1.54, 1.807) is 0 Å². The van der Waals surface area contributed by atoms with E-state index >= 15 is 0 Å². The van der Waals surface area contributed by atoms with Gasteiger partial charge in [-0.2, -0.15) is 0 Å². The molecule has 0 saturated heterocycles. The predicted molar refractivity (Wildman–Crippen MR) is 81.3 cm³/mol. The van der Waals surface area contributed by atoms with E-state index in [9.17, 15) is 0 Å². The Kier molecular flexibility index (Phi) is 3.04. The van der Waals surface area contributed by atoms with Crippen LogP contribution < -0.4 is 0 Å². The number of rotatable bonds is 2. The molecule has 0 N–H and O–H groups in total. The molecule has 2 aromatic carbocycles. The van der Waals surface area contributed by atoms with E-state index in [4.69, 9.17) is 0 Å². The van der Waals surface area contributed by atoms with Gasteiger partial charge in [0, 0.05) is 11.6 Å². The standard InChI is InChI=1S/C18H17N/c1-13(2)14-8-10-15(11-9-14)16-5-3-7-18-17(16)6-4-12-19-18/h3-13H,1-2H3.